The van der Waals surface area contributed by atoms with E-state index in [-0.39, 0.29) is 18.6 Å². The summed E-state index contributed by atoms with van der Waals surface area (Å²) in [5.41, 5.74) is 1.31. The van der Waals surface area contributed by atoms with Crippen molar-refractivity contribution in [2.75, 3.05) is 0 Å². The Morgan fingerprint density at radius 2 is 2.06 bits per heavy atom. The first-order valence-electron chi connectivity index (χ1n) is 12.0. The summed E-state index contributed by atoms with van der Waals surface area (Å²) in [5.74, 6) is -0.713. The highest BCUT2D eigenvalue weighted by atomic mass is 28.3. The zero-order valence-electron chi connectivity index (χ0n) is 20.8. The summed E-state index contributed by atoms with van der Waals surface area (Å²) in [6.07, 6.45) is 2.00. The van der Waals surface area contributed by atoms with Gasteiger partial charge in [0.25, 0.3) is 5.56 Å². The van der Waals surface area contributed by atoms with Gasteiger partial charge >= 0.3 is 11.9 Å². The molecule has 1 atom stereocenters. The highest BCUT2D eigenvalue weighted by Crippen LogP contribution is 2.39. The van der Waals surface area contributed by atoms with Gasteiger partial charge in [0.2, 0.25) is 0 Å². The Morgan fingerprint density at radius 1 is 1.31 bits per heavy atom. The number of aromatic nitrogens is 2. The number of cyclic esters (lactones) is 1. The molecule has 0 saturated heterocycles. The van der Waals surface area contributed by atoms with Crippen molar-refractivity contribution in [2.45, 2.75) is 58.2 Å². The number of hydrogen-bond donors (Lipinski definition) is 1. The fraction of sp³-hybridized carbons (Fsp3) is 0.333. The summed E-state index contributed by atoms with van der Waals surface area (Å²) < 4.78 is 12.2. The molecule has 0 amide bonds. The molecule has 2 aromatic heterocycles. The number of rotatable bonds is 5. The number of nitrogens with zero attached hydrogens (tertiary/aromatic N) is 2. The molecule has 186 valence electrons. The van der Waals surface area contributed by atoms with Gasteiger partial charge in [0, 0.05) is 17.9 Å². The molecule has 5 rings (SSSR count). The van der Waals surface area contributed by atoms with Gasteiger partial charge < -0.3 is 19.1 Å². The SMILES string of the molecule is C=CC[Si](C)(C)c1c2c(nc3ccc(OC(C)=O)cc13)-c1cc3c(c(=O)n1C2)COC(=O)[C@]3(O)CC. The van der Waals surface area contributed by atoms with Gasteiger partial charge in [-0.1, -0.05) is 26.1 Å². The second-order valence-electron chi connectivity index (χ2n) is 10.1. The van der Waals surface area contributed by atoms with Crippen LogP contribution in [0.25, 0.3) is 22.3 Å². The summed E-state index contributed by atoms with van der Waals surface area (Å²) in [4.78, 5) is 42.6. The summed E-state index contributed by atoms with van der Waals surface area (Å²) in [7, 11) is -2.14. The number of benzene rings is 1. The number of carbonyl (C=O) groups is 2. The molecule has 0 radical (unpaired) electrons. The highest BCUT2D eigenvalue weighted by Gasteiger charge is 2.46. The summed E-state index contributed by atoms with van der Waals surface area (Å²) in [6.45, 7) is 11.6. The molecule has 4 heterocycles. The largest absolute Gasteiger partial charge is 0.458 e. The smallest absolute Gasteiger partial charge is 0.343 e. The lowest BCUT2D eigenvalue weighted by molar-refractivity contribution is -0.172. The monoisotopic (exact) mass is 504 g/mol. The third-order valence-corrected chi connectivity index (χ3v) is 10.5. The van der Waals surface area contributed by atoms with E-state index >= 15 is 0 Å². The molecule has 1 aromatic carbocycles. The molecule has 3 aromatic rings. The van der Waals surface area contributed by atoms with E-state index in [1.54, 1.807) is 23.6 Å². The number of fused-ring (bicyclic) bond motifs is 5. The first-order chi connectivity index (χ1) is 17.0. The second-order valence-corrected chi connectivity index (χ2v) is 14.7. The van der Waals surface area contributed by atoms with Crippen LogP contribution in [0.4, 0.5) is 0 Å². The second kappa shape index (κ2) is 8.24. The number of pyridine rings is 2. The molecule has 0 unspecified atom stereocenters. The number of hydrogen-bond acceptors (Lipinski definition) is 7. The van der Waals surface area contributed by atoms with Gasteiger partial charge in [-0.2, -0.15) is 0 Å². The van der Waals surface area contributed by atoms with Crippen molar-refractivity contribution in [2.24, 2.45) is 0 Å². The average molecular weight is 505 g/mol. The van der Waals surface area contributed by atoms with Crippen molar-refractivity contribution in [1.29, 1.82) is 0 Å². The predicted octanol–water partition coefficient (Wildman–Crippen LogP) is 3.11. The topological polar surface area (TPSA) is 108 Å². The fourth-order valence-electron chi connectivity index (χ4n) is 5.52. The van der Waals surface area contributed by atoms with Crippen LogP contribution in [0, 0.1) is 0 Å². The predicted molar refractivity (Wildman–Crippen MR) is 138 cm³/mol. The molecule has 8 nitrogen and oxygen atoms in total. The van der Waals surface area contributed by atoms with Gasteiger partial charge in [-0.05, 0) is 47.5 Å². The average Bonchev–Trinajstić information content (AvgIpc) is 3.18. The summed E-state index contributed by atoms with van der Waals surface area (Å²) in [5, 5.41) is 13.2. The van der Waals surface area contributed by atoms with Crippen molar-refractivity contribution in [3.8, 4) is 17.1 Å². The van der Waals surface area contributed by atoms with E-state index in [9.17, 15) is 19.5 Å². The van der Waals surface area contributed by atoms with E-state index < -0.39 is 25.6 Å². The standard InChI is InChI=1S/C27H28N2O6Si/c1-6-10-36(4,5)24-17-11-16(35-15(3)30)8-9-21(17)28-23-18(24)13-29-22(23)12-20-19(25(29)31)14-34-26(32)27(20,33)7-2/h6,8-9,11-12,33H,1,7,10,13-14H2,2-5H3/t27-/m0/s1. The van der Waals surface area contributed by atoms with Crippen molar-refractivity contribution < 1.29 is 24.2 Å². The van der Waals surface area contributed by atoms with Crippen molar-refractivity contribution in [3.05, 3.63) is 64.0 Å². The molecule has 9 heteroatoms. The van der Waals surface area contributed by atoms with Crippen LogP contribution in [-0.2, 0) is 33.1 Å². The summed E-state index contributed by atoms with van der Waals surface area (Å²) >= 11 is 0. The Morgan fingerprint density at radius 3 is 2.72 bits per heavy atom. The van der Waals surface area contributed by atoms with Crippen LogP contribution in [0.1, 0.15) is 37.0 Å². The normalized spacial score (nSPS) is 18.3. The van der Waals surface area contributed by atoms with E-state index in [4.69, 9.17) is 14.5 Å². The Hall–Kier alpha value is -3.56. The first kappa shape index (κ1) is 24.1. The van der Waals surface area contributed by atoms with Crippen LogP contribution in [0.2, 0.25) is 19.1 Å². The summed E-state index contributed by atoms with van der Waals surface area (Å²) in [6, 6.07) is 7.89. The van der Waals surface area contributed by atoms with Gasteiger partial charge in [-0.3, -0.25) is 9.59 Å². The molecule has 2 aliphatic rings. The van der Waals surface area contributed by atoms with Crippen LogP contribution in [0.15, 0.2) is 41.7 Å². The van der Waals surface area contributed by atoms with Crippen LogP contribution in [-0.4, -0.2) is 34.7 Å². The number of ether oxygens (including phenoxy) is 2. The zero-order valence-corrected chi connectivity index (χ0v) is 21.8. The van der Waals surface area contributed by atoms with Crippen molar-refractivity contribution in [1.82, 2.24) is 9.55 Å². The Balaban J connectivity index is 1.83. The molecule has 0 saturated carbocycles. The van der Waals surface area contributed by atoms with E-state index in [0.717, 1.165) is 22.2 Å². The minimum absolute atomic E-state index is 0.0865. The lowest BCUT2D eigenvalue weighted by Gasteiger charge is -2.31. The van der Waals surface area contributed by atoms with E-state index in [2.05, 4.69) is 19.7 Å². The lowest BCUT2D eigenvalue weighted by atomic mass is 9.86. The molecule has 2 aliphatic heterocycles. The fourth-order valence-corrected chi connectivity index (χ4v) is 8.39. The highest BCUT2D eigenvalue weighted by molar-refractivity contribution is 6.92. The lowest BCUT2D eigenvalue weighted by Crippen LogP contribution is -2.45. The number of carbonyl (C=O) groups excluding carboxylic acids is 2. The molecule has 36 heavy (non-hydrogen) atoms. The van der Waals surface area contributed by atoms with Gasteiger partial charge in [0.15, 0.2) is 5.60 Å². The van der Waals surface area contributed by atoms with Crippen LogP contribution < -0.4 is 15.5 Å². The molecular formula is C27H28N2O6Si. The van der Waals surface area contributed by atoms with E-state index in [0.29, 0.717) is 40.3 Å². The zero-order chi connectivity index (χ0) is 26.0. The van der Waals surface area contributed by atoms with Gasteiger partial charge in [0.1, 0.15) is 12.4 Å². The quantitative estimate of drug-likeness (QED) is 0.193. The third-order valence-electron chi connectivity index (χ3n) is 7.25. The Bertz CT molecular complexity index is 1540. The third kappa shape index (κ3) is 3.45. The Labute approximate surface area is 209 Å². The molecule has 0 aliphatic carbocycles. The molecule has 0 spiro atoms. The maximum Gasteiger partial charge on any atom is 0.343 e. The number of aliphatic hydroxyl groups is 1. The van der Waals surface area contributed by atoms with Crippen molar-refractivity contribution >= 4 is 36.1 Å². The molecule has 1 N–H and O–H groups in total. The number of esters is 2. The minimum Gasteiger partial charge on any atom is -0.458 e. The maximum atomic E-state index is 13.6. The van der Waals surface area contributed by atoms with Crippen LogP contribution in [0.3, 0.4) is 0 Å². The number of allylic oxidation sites excluding steroid dienone is 1. The molecular weight excluding hydrogens is 476 g/mol. The van der Waals surface area contributed by atoms with Crippen LogP contribution in [0.5, 0.6) is 5.75 Å². The van der Waals surface area contributed by atoms with Gasteiger partial charge in [0.05, 0.1) is 37.1 Å². The minimum atomic E-state index is -2.14. The first-order valence-corrected chi connectivity index (χ1v) is 15.2. The van der Waals surface area contributed by atoms with Crippen LogP contribution >= 0.6 is 0 Å². The molecule has 0 fully saturated rings. The van der Waals surface area contributed by atoms with E-state index in [1.165, 1.54) is 6.92 Å². The Kier molecular flexibility index (Phi) is 5.53. The van der Waals surface area contributed by atoms with Crippen molar-refractivity contribution in [3.63, 3.8) is 0 Å². The van der Waals surface area contributed by atoms with E-state index in [1.807, 2.05) is 18.2 Å². The maximum absolute atomic E-state index is 13.6. The molecule has 0 bridgehead atoms. The van der Waals surface area contributed by atoms with Gasteiger partial charge in [-0.15, -0.1) is 6.58 Å². The van der Waals surface area contributed by atoms with Gasteiger partial charge in [-0.25, -0.2) is 9.78 Å².